The van der Waals surface area contributed by atoms with Gasteiger partial charge in [-0.3, -0.25) is 5.41 Å². The minimum Gasteiger partial charge on any atom is -0.493 e. The number of ether oxygens (including phenoxy) is 2. The molecule has 0 bridgehead atoms. The van der Waals surface area contributed by atoms with E-state index in [0.29, 0.717) is 22.9 Å². The van der Waals surface area contributed by atoms with Crippen LogP contribution in [0.2, 0.25) is 0 Å². The fourth-order valence-electron chi connectivity index (χ4n) is 1.84. The second-order valence-corrected chi connectivity index (χ2v) is 4.53. The molecule has 3 N–H and O–H groups in total. The lowest BCUT2D eigenvalue weighted by Gasteiger charge is -2.11. The maximum absolute atomic E-state index is 7.45. The van der Waals surface area contributed by atoms with Crippen LogP contribution in [0.1, 0.15) is 23.9 Å². The number of nitrogen functional groups attached to an aromatic ring is 1. The topological polar surface area (TPSA) is 94.1 Å². The predicted octanol–water partition coefficient (Wildman–Crippen LogP) is 2.43. The zero-order valence-corrected chi connectivity index (χ0v) is 12.3. The van der Waals surface area contributed by atoms with Gasteiger partial charge in [0.05, 0.1) is 7.11 Å². The highest BCUT2D eigenvalue weighted by molar-refractivity contribution is 5.93. The molecule has 0 spiro atoms. The fourth-order valence-corrected chi connectivity index (χ4v) is 1.84. The molecule has 21 heavy (non-hydrogen) atoms. The van der Waals surface area contributed by atoms with Crippen LogP contribution in [0.4, 0.5) is 0 Å². The predicted molar refractivity (Wildman–Crippen MR) is 80.2 cm³/mol. The molecule has 6 nitrogen and oxygen atoms in total. The molecule has 1 aromatic carbocycles. The van der Waals surface area contributed by atoms with Gasteiger partial charge in [0.2, 0.25) is 0 Å². The fraction of sp³-hybridized carbons (Fsp3) is 0.267. The number of nitrogens with zero attached hydrogens (tertiary/aromatic N) is 2. The molecule has 0 fully saturated rings. The van der Waals surface area contributed by atoms with E-state index in [1.807, 2.05) is 18.2 Å². The Labute approximate surface area is 123 Å². The van der Waals surface area contributed by atoms with Gasteiger partial charge in [-0.2, -0.15) is 4.98 Å². The van der Waals surface area contributed by atoms with Crippen molar-refractivity contribution in [2.75, 3.05) is 7.11 Å². The second kappa shape index (κ2) is 6.21. The molecule has 0 saturated heterocycles. The first-order chi connectivity index (χ1) is 10.0. The zero-order valence-electron chi connectivity index (χ0n) is 12.3. The first-order valence-corrected chi connectivity index (χ1v) is 6.58. The Morgan fingerprint density at radius 3 is 2.62 bits per heavy atom. The van der Waals surface area contributed by atoms with E-state index in [9.17, 15) is 0 Å². The van der Waals surface area contributed by atoms with Crippen molar-refractivity contribution in [1.82, 2.24) is 9.97 Å². The van der Waals surface area contributed by atoms with Gasteiger partial charge in [0.25, 0.3) is 0 Å². The molecule has 0 atom stereocenters. The number of amidine groups is 1. The number of benzene rings is 1. The quantitative estimate of drug-likeness (QED) is 0.650. The molecule has 110 valence electrons. The number of aryl methyl sites for hydroxylation is 2. The van der Waals surface area contributed by atoms with Crippen LogP contribution >= 0.6 is 0 Å². The van der Waals surface area contributed by atoms with Gasteiger partial charge in [0.1, 0.15) is 11.5 Å². The smallest absolute Gasteiger partial charge is 0.322 e. The van der Waals surface area contributed by atoms with Gasteiger partial charge in [-0.25, -0.2) is 4.98 Å². The molecule has 0 amide bonds. The molecule has 0 aliphatic carbocycles. The first-order valence-electron chi connectivity index (χ1n) is 6.58. The van der Waals surface area contributed by atoms with E-state index >= 15 is 0 Å². The number of aromatic nitrogens is 2. The van der Waals surface area contributed by atoms with E-state index in [0.717, 1.165) is 12.0 Å². The van der Waals surface area contributed by atoms with Crippen LogP contribution in [0.25, 0.3) is 0 Å². The van der Waals surface area contributed by atoms with Crippen LogP contribution in [-0.4, -0.2) is 22.9 Å². The SMILES string of the molecule is CCc1ccc(Oc2nc(C)cc(C(=N)N)n2)c(OC)c1. The number of nitrogens with two attached hydrogens (primary N) is 1. The Bertz CT molecular complexity index is 671. The standard InChI is InChI=1S/C15H18N4O2/c1-4-10-5-6-12(13(8-10)20-3)21-15-18-9(2)7-11(19-15)14(16)17/h5-8H,4H2,1-3H3,(H3,16,17). The summed E-state index contributed by atoms with van der Waals surface area (Å²) in [6.07, 6.45) is 0.909. The summed E-state index contributed by atoms with van der Waals surface area (Å²) < 4.78 is 11.0. The molecule has 0 aliphatic heterocycles. The Morgan fingerprint density at radius 2 is 2.00 bits per heavy atom. The molecule has 1 aromatic heterocycles. The maximum atomic E-state index is 7.45. The van der Waals surface area contributed by atoms with Crippen molar-refractivity contribution in [3.63, 3.8) is 0 Å². The molecule has 1 heterocycles. The van der Waals surface area contributed by atoms with Gasteiger partial charge < -0.3 is 15.2 Å². The average molecular weight is 286 g/mol. The lowest BCUT2D eigenvalue weighted by molar-refractivity contribution is 0.367. The van der Waals surface area contributed by atoms with Crippen LogP contribution in [-0.2, 0) is 6.42 Å². The van der Waals surface area contributed by atoms with Gasteiger partial charge in [-0.1, -0.05) is 13.0 Å². The maximum Gasteiger partial charge on any atom is 0.322 e. The average Bonchev–Trinajstić information content (AvgIpc) is 2.47. The number of rotatable bonds is 5. The lowest BCUT2D eigenvalue weighted by atomic mass is 10.1. The van der Waals surface area contributed by atoms with Crippen molar-refractivity contribution in [1.29, 1.82) is 5.41 Å². The van der Waals surface area contributed by atoms with E-state index in [4.69, 9.17) is 20.6 Å². The van der Waals surface area contributed by atoms with Crippen molar-refractivity contribution in [3.8, 4) is 17.5 Å². The molecule has 0 saturated carbocycles. The Kier molecular flexibility index (Phi) is 4.37. The normalized spacial score (nSPS) is 10.2. The van der Waals surface area contributed by atoms with E-state index < -0.39 is 0 Å². The molecule has 2 aromatic rings. The van der Waals surface area contributed by atoms with Gasteiger partial charge in [0, 0.05) is 5.69 Å². The van der Waals surface area contributed by atoms with Gasteiger partial charge in [0.15, 0.2) is 11.5 Å². The third kappa shape index (κ3) is 3.47. The summed E-state index contributed by atoms with van der Waals surface area (Å²) in [6, 6.07) is 7.46. The van der Waals surface area contributed by atoms with Gasteiger partial charge in [-0.05, 0) is 37.1 Å². The van der Waals surface area contributed by atoms with Crippen LogP contribution in [0.5, 0.6) is 17.5 Å². The molecule has 0 radical (unpaired) electrons. The summed E-state index contributed by atoms with van der Waals surface area (Å²) in [5.41, 5.74) is 7.61. The van der Waals surface area contributed by atoms with Crippen LogP contribution in [0, 0.1) is 12.3 Å². The monoisotopic (exact) mass is 286 g/mol. The molecule has 0 unspecified atom stereocenters. The highest BCUT2D eigenvalue weighted by Crippen LogP contribution is 2.31. The Morgan fingerprint density at radius 1 is 1.24 bits per heavy atom. The van der Waals surface area contributed by atoms with Crippen molar-refractivity contribution in [2.24, 2.45) is 5.73 Å². The summed E-state index contributed by atoms with van der Waals surface area (Å²) >= 11 is 0. The van der Waals surface area contributed by atoms with E-state index in [1.54, 1.807) is 20.1 Å². The van der Waals surface area contributed by atoms with Crippen LogP contribution in [0.3, 0.4) is 0 Å². The third-order valence-electron chi connectivity index (χ3n) is 2.95. The van der Waals surface area contributed by atoms with Gasteiger partial charge in [-0.15, -0.1) is 0 Å². The number of methoxy groups -OCH3 is 1. The highest BCUT2D eigenvalue weighted by Gasteiger charge is 2.11. The third-order valence-corrected chi connectivity index (χ3v) is 2.95. The van der Waals surface area contributed by atoms with E-state index in [1.165, 1.54) is 0 Å². The number of nitrogens with one attached hydrogen (secondary N) is 1. The van der Waals surface area contributed by atoms with Gasteiger partial charge >= 0.3 is 6.01 Å². The van der Waals surface area contributed by atoms with E-state index in [-0.39, 0.29) is 11.8 Å². The van der Waals surface area contributed by atoms with Crippen LogP contribution < -0.4 is 15.2 Å². The number of hydrogen-bond donors (Lipinski definition) is 2. The Hall–Kier alpha value is -2.63. The summed E-state index contributed by atoms with van der Waals surface area (Å²) in [4.78, 5) is 8.30. The zero-order chi connectivity index (χ0) is 15.4. The summed E-state index contributed by atoms with van der Waals surface area (Å²) in [6.45, 7) is 3.86. The lowest BCUT2D eigenvalue weighted by Crippen LogP contribution is -2.14. The summed E-state index contributed by atoms with van der Waals surface area (Å²) in [7, 11) is 1.58. The molecular weight excluding hydrogens is 268 g/mol. The van der Waals surface area contributed by atoms with Crippen molar-refractivity contribution < 1.29 is 9.47 Å². The van der Waals surface area contributed by atoms with Crippen LogP contribution in [0.15, 0.2) is 24.3 Å². The minimum atomic E-state index is -0.126. The molecule has 0 aliphatic rings. The summed E-state index contributed by atoms with van der Waals surface area (Å²) in [5, 5.41) is 7.45. The van der Waals surface area contributed by atoms with E-state index in [2.05, 4.69) is 16.9 Å². The summed E-state index contributed by atoms with van der Waals surface area (Å²) in [5.74, 6) is 1.01. The molecule has 6 heteroatoms. The minimum absolute atomic E-state index is 0.126. The first kappa shape index (κ1) is 14.8. The second-order valence-electron chi connectivity index (χ2n) is 4.53. The molecule has 2 rings (SSSR count). The largest absolute Gasteiger partial charge is 0.493 e. The number of hydrogen-bond acceptors (Lipinski definition) is 5. The van der Waals surface area contributed by atoms with Crippen molar-refractivity contribution in [2.45, 2.75) is 20.3 Å². The van der Waals surface area contributed by atoms with Crippen molar-refractivity contribution >= 4 is 5.84 Å². The Balaban J connectivity index is 2.35. The van der Waals surface area contributed by atoms with Crippen molar-refractivity contribution in [3.05, 3.63) is 41.2 Å². The highest BCUT2D eigenvalue weighted by atomic mass is 16.5. The molecular formula is C15H18N4O2.